The predicted octanol–water partition coefficient (Wildman–Crippen LogP) is 2.15. The Balaban J connectivity index is 1.58. The first-order valence-corrected chi connectivity index (χ1v) is 9.39. The zero-order valence-corrected chi connectivity index (χ0v) is 15.3. The molecule has 0 atom stereocenters. The van der Waals surface area contributed by atoms with Gasteiger partial charge < -0.3 is 14.8 Å². The molecule has 1 aromatic heterocycles. The summed E-state index contributed by atoms with van der Waals surface area (Å²) in [5, 5.41) is 11.9. The van der Waals surface area contributed by atoms with E-state index in [0.717, 1.165) is 37.1 Å². The third-order valence-electron chi connectivity index (χ3n) is 4.24. The van der Waals surface area contributed by atoms with E-state index in [2.05, 4.69) is 60.5 Å². The van der Waals surface area contributed by atoms with Gasteiger partial charge in [-0.2, -0.15) is 0 Å². The van der Waals surface area contributed by atoms with Crippen LogP contribution in [0.3, 0.4) is 0 Å². The second-order valence-corrected chi connectivity index (χ2v) is 6.77. The summed E-state index contributed by atoms with van der Waals surface area (Å²) < 4.78 is 2.21. The van der Waals surface area contributed by atoms with Crippen LogP contribution >= 0.6 is 11.8 Å². The average molecular weight is 344 g/mol. The highest BCUT2D eigenvalue weighted by atomic mass is 32.2. The van der Waals surface area contributed by atoms with Crippen molar-refractivity contribution in [1.29, 1.82) is 0 Å². The predicted molar refractivity (Wildman–Crippen MR) is 98.2 cm³/mol. The van der Waals surface area contributed by atoms with Gasteiger partial charge >= 0.3 is 0 Å². The third kappa shape index (κ3) is 3.72. The Hall–Kier alpha value is -2.02. The molecule has 0 amide bonds. The molecule has 2 heterocycles. The number of hydrogen-bond acceptors (Lipinski definition) is 4. The second-order valence-electron chi connectivity index (χ2n) is 5.89. The van der Waals surface area contributed by atoms with Crippen LogP contribution in [0.25, 0.3) is 0 Å². The number of benzene rings is 1. The van der Waals surface area contributed by atoms with Crippen LogP contribution in [-0.2, 0) is 26.1 Å². The van der Waals surface area contributed by atoms with E-state index in [1.54, 1.807) is 11.8 Å². The van der Waals surface area contributed by atoms with E-state index in [9.17, 15) is 0 Å². The number of guanidine groups is 1. The van der Waals surface area contributed by atoms with E-state index in [1.807, 2.05) is 14.1 Å². The lowest BCUT2D eigenvalue weighted by atomic mass is 10.2. The minimum absolute atomic E-state index is 0.648. The Morgan fingerprint density at radius 2 is 2.12 bits per heavy atom. The van der Waals surface area contributed by atoms with E-state index in [0.29, 0.717) is 6.54 Å². The van der Waals surface area contributed by atoms with E-state index in [4.69, 9.17) is 0 Å². The molecule has 0 bridgehead atoms. The Kier molecular flexibility index (Phi) is 5.40. The highest BCUT2D eigenvalue weighted by molar-refractivity contribution is 7.98. The molecular formula is C17H24N6S. The van der Waals surface area contributed by atoms with Crippen LogP contribution in [0.15, 0.2) is 34.2 Å². The zero-order chi connectivity index (χ0) is 16.9. The molecule has 0 aliphatic carbocycles. The maximum Gasteiger partial charge on any atom is 0.194 e. The maximum absolute atomic E-state index is 4.38. The van der Waals surface area contributed by atoms with Crippen molar-refractivity contribution >= 4 is 17.7 Å². The van der Waals surface area contributed by atoms with Crippen LogP contribution < -0.4 is 5.32 Å². The summed E-state index contributed by atoms with van der Waals surface area (Å²) in [7, 11) is 3.86. The summed E-state index contributed by atoms with van der Waals surface area (Å²) in [6.45, 7) is 2.48. The van der Waals surface area contributed by atoms with Crippen molar-refractivity contribution in [3.63, 3.8) is 0 Å². The number of thioether (sulfide) groups is 1. The molecule has 24 heavy (non-hydrogen) atoms. The summed E-state index contributed by atoms with van der Waals surface area (Å²) in [5.74, 6) is 2.95. The number of rotatable bonds is 5. The molecule has 1 aromatic carbocycles. The van der Waals surface area contributed by atoms with Gasteiger partial charge in [0.1, 0.15) is 5.82 Å². The quantitative estimate of drug-likeness (QED) is 0.512. The molecule has 128 valence electrons. The molecule has 0 saturated heterocycles. The molecule has 3 rings (SSSR count). The molecule has 0 radical (unpaired) electrons. The third-order valence-corrected chi connectivity index (χ3v) is 4.99. The minimum atomic E-state index is 0.648. The summed E-state index contributed by atoms with van der Waals surface area (Å²) in [4.78, 5) is 7.78. The monoisotopic (exact) mass is 344 g/mol. The van der Waals surface area contributed by atoms with Gasteiger partial charge in [-0.1, -0.05) is 12.1 Å². The molecule has 0 fully saturated rings. The van der Waals surface area contributed by atoms with Crippen molar-refractivity contribution < 1.29 is 0 Å². The SMILES string of the molecule is CN=C(NCc1nnc2n1CCC2)N(C)Cc1ccc(SC)cc1. The van der Waals surface area contributed by atoms with Gasteiger partial charge in [-0.3, -0.25) is 4.99 Å². The van der Waals surface area contributed by atoms with Crippen molar-refractivity contribution in [3.8, 4) is 0 Å². The number of hydrogen-bond donors (Lipinski definition) is 1. The van der Waals surface area contributed by atoms with E-state index in [-0.39, 0.29) is 0 Å². The van der Waals surface area contributed by atoms with Crippen LogP contribution in [0.2, 0.25) is 0 Å². The molecule has 0 unspecified atom stereocenters. The fraction of sp³-hybridized carbons (Fsp3) is 0.471. The molecule has 2 aromatic rings. The molecule has 7 heteroatoms. The molecule has 6 nitrogen and oxygen atoms in total. The first kappa shape index (κ1) is 16.8. The lowest BCUT2D eigenvalue weighted by molar-refractivity contribution is 0.473. The Morgan fingerprint density at radius 1 is 1.33 bits per heavy atom. The largest absolute Gasteiger partial charge is 0.349 e. The van der Waals surface area contributed by atoms with Gasteiger partial charge in [0.2, 0.25) is 0 Å². The van der Waals surface area contributed by atoms with Crippen molar-refractivity contribution in [3.05, 3.63) is 41.5 Å². The van der Waals surface area contributed by atoms with E-state index >= 15 is 0 Å². The van der Waals surface area contributed by atoms with Crippen LogP contribution in [0.5, 0.6) is 0 Å². The lowest BCUT2D eigenvalue weighted by Gasteiger charge is -2.22. The standard InChI is InChI=1S/C17H24N6S/c1-18-17(19-11-16-21-20-15-5-4-10-23(15)16)22(2)12-13-6-8-14(24-3)9-7-13/h6-9H,4-5,10-12H2,1-3H3,(H,18,19). The minimum Gasteiger partial charge on any atom is -0.349 e. The fourth-order valence-electron chi connectivity index (χ4n) is 2.96. The van der Waals surface area contributed by atoms with Gasteiger partial charge in [0.05, 0.1) is 6.54 Å². The first-order chi connectivity index (χ1) is 11.7. The van der Waals surface area contributed by atoms with Crippen LogP contribution in [0.1, 0.15) is 23.6 Å². The van der Waals surface area contributed by atoms with Gasteiger partial charge in [0.15, 0.2) is 11.8 Å². The summed E-state index contributed by atoms with van der Waals surface area (Å²) in [6.07, 6.45) is 4.29. The zero-order valence-electron chi connectivity index (χ0n) is 14.5. The molecular weight excluding hydrogens is 320 g/mol. The Labute approximate surface area is 147 Å². The lowest BCUT2D eigenvalue weighted by Crippen LogP contribution is -2.38. The van der Waals surface area contributed by atoms with Crippen LogP contribution in [0.4, 0.5) is 0 Å². The summed E-state index contributed by atoms with van der Waals surface area (Å²) in [6, 6.07) is 8.65. The molecule has 1 aliphatic heterocycles. The second kappa shape index (κ2) is 7.70. The number of aromatic nitrogens is 3. The Bertz CT molecular complexity index is 706. The van der Waals surface area contributed by atoms with Crippen molar-refractivity contribution in [2.24, 2.45) is 4.99 Å². The molecule has 1 aliphatic rings. The van der Waals surface area contributed by atoms with Gasteiger partial charge in [-0.25, -0.2) is 0 Å². The highest BCUT2D eigenvalue weighted by Crippen LogP contribution is 2.16. The summed E-state index contributed by atoms with van der Waals surface area (Å²) >= 11 is 1.76. The molecule has 0 saturated carbocycles. The number of aliphatic imine (C=N–C) groups is 1. The van der Waals surface area contributed by atoms with Crippen molar-refractivity contribution in [1.82, 2.24) is 25.0 Å². The van der Waals surface area contributed by atoms with Gasteiger partial charge in [-0.15, -0.1) is 22.0 Å². The number of fused-ring (bicyclic) bond motifs is 1. The topological polar surface area (TPSA) is 58.3 Å². The van der Waals surface area contributed by atoms with Gasteiger partial charge in [0, 0.05) is 38.5 Å². The van der Waals surface area contributed by atoms with Crippen LogP contribution in [-0.4, -0.2) is 46.0 Å². The fourth-order valence-corrected chi connectivity index (χ4v) is 3.37. The van der Waals surface area contributed by atoms with Gasteiger partial charge in [-0.05, 0) is 30.4 Å². The van der Waals surface area contributed by atoms with Crippen LogP contribution in [0, 0.1) is 0 Å². The van der Waals surface area contributed by atoms with E-state index < -0.39 is 0 Å². The van der Waals surface area contributed by atoms with Crippen molar-refractivity contribution in [2.45, 2.75) is 37.4 Å². The normalized spacial score (nSPS) is 13.9. The first-order valence-electron chi connectivity index (χ1n) is 8.17. The average Bonchev–Trinajstić information content (AvgIpc) is 3.20. The molecule has 0 spiro atoms. The highest BCUT2D eigenvalue weighted by Gasteiger charge is 2.17. The molecule has 1 N–H and O–H groups in total. The van der Waals surface area contributed by atoms with Gasteiger partial charge in [0.25, 0.3) is 0 Å². The maximum atomic E-state index is 4.38. The summed E-state index contributed by atoms with van der Waals surface area (Å²) in [5.41, 5.74) is 1.27. The number of aryl methyl sites for hydroxylation is 1. The van der Waals surface area contributed by atoms with E-state index in [1.165, 1.54) is 16.9 Å². The smallest absolute Gasteiger partial charge is 0.194 e. The number of nitrogens with zero attached hydrogens (tertiary/aromatic N) is 5. The van der Waals surface area contributed by atoms with Crippen molar-refractivity contribution in [2.75, 3.05) is 20.4 Å². The Morgan fingerprint density at radius 3 is 2.83 bits per heavy atom. The number of nitrogens with one attached hydrogen (secondary N) is 1.